The summed E-state index contributed by atoms with van der Waals surface area (Å²) in [6.07, 6.45) is 4.60. The summed E-state index contributed by atoms with van der Waals surface area (Å²) >= 11 is 0. The van der Waals surface area contributed by atoms with Gasteiger partial charge in [-0.25, -0.2) is 0 Å². The predicted octanol–water partition coefficient (Wildman–Crippen LogP) is 2.84. The van der Waals surface area contributed by atoms with Crippen molar-refractivity contribution in [1.29, 1.82) is 0 Å². The minimum atomic E-state index is -0.910. The van der Waals surface area contributed by atoms with Gasteiger partial charge in [0, 0.05) is 31.2 Å². The lowest BCUT2D eigenvalue weighted by atomic mass is 10.0. The highest BCUT2D eigenvalue weighted by Gasteiger charge is 2.57. The number of aryl methyl sites for hydroxylation is 1. The number of carbonyl (C=O) groups is 2. The van der Waals surface area contributed by atoms with Gasteiger partial charge in [-0.05, 0) is 62.1 Å². The van der Waals surface area contributed by atoms with Crippen molar-refractivity contribution >= 4 is 17.5 Å². The van der Waals surface area contributed by atoms with Crippen molar-refractivity contribution in [2.75, 3.05) is 11.4 Å². The second kappa shape index (κ2) is 7.05. The summed E-state index contributed by atoms with van der Waals surface area (Å²) in [5.74, 6) is -0.284. The summed E-state index contributed by atoms with van der Waals surface area (Å²) in [7, 11) is 0. The monoisotopic (exact) mass is 337 g/mol. The fourth-order valence-electron chi connectivity index (χ4n) is 3.01. The topological polar surface area (TPSA) is 62.3 Å². The van der Waals surface area contributed by atoms with Crippen molar-refractivity contribution in [3.8, 4) is 0 Å². The van der Waals surface area contributed by atoms with E-state index in [2.05, 4.69) is 10.3 Å². The maximum atomic E-state index is 13.1. The van der Waals surface area contributed by atoms with Crippen LogP contribution in [0, 0.1) is 12.3 Å². The van der Waals surface area contributed by atoms with Crippen LogP contribution < -0.4 is 10.2 Å². The molecule has 1 aromatic heterocycles. The van der Waals surface area contributed by atoms with Crippen LogP contribution in [-0.2, 0) is 16.1 Å². The Kier molecular flexibility index (Phi) is 4.83. The number of hydrogen-bond acceptors (Lipinski definition) is 3. The molecule has 0 bridgehead atoms. The number of pyridine rings is 1. The van der Waals surface area contributed by atoms with E-state index in [1.165, 1.54) is 0 Å². The Labute approximate surface area is 148 Å². The Balaban J connectivity index is 1.72. The molecule has 3 rings (SSSR count). The van der Waals surface area contributed by atoms with Gasteiger partial charge in [-0.15, -0.1) is 0 Å². The molecule has 1 heterocycles. The number of carbonyl (C=O) groups excluding carboxylic acids is 2. The molecule has 1 aliphatic carbocycles. The van der Waals surface area contributed by atoms with Crippen LogP contribution in [0.1, 0.15) is 30.9 Å². The van der Waals surface area contributed by atoms with Crippen LogP contribution in [-0.4, -0.2) is 23.3 Å². The minimum Gasteiger partial charge on any atom is -0.351 e. The van der Waals surface area contributed by atoms with Crippen LogP contribution in [0.2, 0.25) is 0 Å². The zero-order valence-corrected chi connectivity index (χ0v) is 14.7. The highest BCUT2D eigenvalue weighted by atomic mass is 16.2. The molecule has 5 heteroatoms. The summed E-state index contributed by atoms with van der Waals surface area (Å²) in [4.78, 5) is 31.4. The van der Waals surface area contributed by atoms with E-state index in [-0.39, 0.29) is 11.8 Å². The number of nitrogens with zero attached hydrogens (tertiary/aromatic N) is 2. The fourth-order valence-corrected chi connectivity index (χ4v) is 3.01. The van der Waals surface area contributed by atoms with Gasteiger partial charge in [0.2, 0.25) is 11.8 Å². The van der Waals surface area contributed by atoms with Crippen molar-refractivity contribution < 1.29 is 9.59 Å². The zero-order chi connectivity index (χ0) is 17.9. The molecule has 0 unspecified atom stereocenters. The molecule has 1 aliphatic rings. The van der Waals surface area contributed by atoms with E-state index in [9.17, 15) is 9.59 Å². The Bertz CT molecular complexity index is 770. The fraction of sp³-hybridized carbons (Fsp3) is 0.350. The molecule has 5 nitrogen and oxygen atoms in total. The van der Waals surface area contributed by atoms with Crippen molar-refractivity contribution in [3.05, 3.63) is 59.9 Å². The Morgan fingerprint density at radius 3 is 2.52 bits per heavy atom. The van der Waals surface area contributed by atoms with E-state index >= 15 is 0 Å². The number of aromatic nitrogens is 1. The molecule has 1 saturated carbocycles. The average molecular weight is 337 g/mol. The van der Waals surface area contributed by atoms with E-state index in [4.69, 9.17) is 0 Å². The van der Waals surface area contributed by atoms with E-state index in [1.807, 2.05) is 50.2 Å². The van der Waals surface area contributed by atoms with Crippen molar-refractivity contribution in [1.82, 2.24) is 10.3 Å². The Morgan fingerprint density at radius 1 is 1.20 bits per heavy atom. The number of anilines is 1. The van der Waals surface area contributed by atoms with Gasteiger partial charge in [-0.3, -0.25) is 14.6 Å². The highest BCUT2D eigenvalue weighted by Crippen LogP contribution is 2.48. The third kappa shape index (κ3) is 3.55. The normalized spacial score (nSPS) is 14.6. The maximum absolute atomic E-state index is 13.1. The first-order chi connectivity index (χ1) is 12.1. The second-order valence-electron chi connectivity index (χ2n) is 6.51. The van der Waals surface area contributed by atoms with Crippen LogP contribution in [0.25, 0.3) is 0 Å². The molecule has 1 aromatic carbocycles. The number of amides is 2. The summed E-state index contributed by atoms with van der Waals surface area (Å²) in [5.41, 5.74) is 2.00. The first-order valence-corrected chi connectivity index (χ1v) is 8.62. The SMILES string of the molecule is CCN(C(=O)C1(C(=O)NCc2ccncc2)CC1)c1cccc(C)c1. The van der Waals surface area contributed by atoms with E-state index in [0.29, 0.717) is 25.9 Å². The van der Waals surface area contributed by atoms with Gasteiger partial charge in [-0.1, -0.05) is 12.1 Å². The molecule has 1 N–H and O–H groups in total. The lowest BCUT2D eigenvalue weighted by molar-refractivity contribution is -0.135. The van der Waals surface area contributed by atoms with E-state index in [1.54, 1.807) is 17.3 Å². The summed E-state index contributed by atoms with van der Waals surface area (Å²) in [5, 5.41) is 2.91. The molecule has 2 aromatic rings. The molecule has 25 heavy (non-hydrogen) atoms. The van der Waals surface area contributed by atoms with Crippen LogP contribution in [0.4, 0.5) is 5.69 Å². The van der Waals surface area contributed by atoms with Gasteiger partial charge in [0.15, 0.2) is 0 Å². The first kappa shape index (κ1) is 17.1. The van der Waals surface area contributed by atoms with Crippen molar-refractivity contribution in [2.24, 2.45) is 5.41 Å². The molecular weight excluding hydrogens is 314 g/mol. The van der Waals surface area contributed by atoms with Crippen molar-refractivity contribution in [2.45, 2.75) is 33.2 Å². The predicted molar refractivity (Wildman–Crippen MR) is 97.0 cm³/mol. The van der Waals surface area contributed by atoms with Gasteiger partial charge in [0.05, 0.1) is 0 Å². The highest BCUT2D eigenvalue weighted by molar-refractivity contribution is 6.14. The van der Waals surface area contributed by atoms with E-state index in [0.717, 1.165) is 16.8 Å². The molecular formula is C20H23N3O2. The van der Waals surface area contributed by atoms with Gasteiger partial charge >= 0.3 is 0 Å². The standard InChI is InChI=1S/C20H23N3O2/c1-3-23(17-6-4-5-15(2)13-17)19(25)20(9-10-20)18(24)22-14-16-7-11-21-12-8-16/h4-8,11-13H,3,9-10,14H2,1-2H3,(H,22,24). The lowest BCUT2D eigenvalue weighted by Gasteiger charge is -2.26. The van der Waals surface area contributed by atoms with E-state index < -0.39 is 5.41 Å². The largest absolute Gasteiger partial charge is 0.351 e. The summed E-state index contributed by atoms with van der Waals surface area (Å²) < 4.78 is 0. The zero-order valence-electron chi connectivity index (χ0n) is 14.7. The minimum absolute atomic E-state index is 0.104. The number of benzene rings is 1. The van der Waals surface area contributed by atoms with Crippen LogP contribution >= 0.6 is 0 Å². The number of hydrogen-bond donors (Lipinski definition) is 1. The molecule has 0 spiro atoms. The molecule has 1 fully saturated rings. The Morgan fingerprint density at radius 2 is 1.92 bits per heavy atom. The Hall–Kier alpha value is -2.69. The number of rotatable bonds is 6. The molecule has 0 aliphatic heterocycles. The lowest BCUT2D eigenvalue weighted by Crippen LogP contribution is -2.45. The summed E-state index contributed by atoms with van der Waals surface area (Å²) in [6, 6.07) is 11.5. The van der Waals surface area contributed by atoms with Crippen LogP contribution in [0.3, 0.4) is 0 Å². The second-order valence-corrected chi connectivity index (χ2v) is 6.51. The van der Waals surface area contributed by atoms with Gasteiger partial charge in [0.1, 0.15) is 5.41 Å². The van der Waals surface area contributed by atoms with Crippen LogP contribution in [0.15, 0.2) is 48.8 Å². The maximum Gasteiger partial charge on any atom is 0.242 e. The smallest absolute Gasteiger partial charge is 0.242 e. The molecule has 0 radical (unpaired) electrons. The first-order valence-electron chi connectivity index (χ1n) is 8.62. The third-order valence-corrected chi connectivity index (χ3v) is 4.67. The molecule has 0 saturated heterocycles. The van der Waals surface area contributed by atoms with Crippen molar-refractivity contribution in [3.63, 3.8) is 0 Å². The van der Waals surface area contributed by atoms with Gasteiger partial charge in [-0.2, -0.15) is 0 Å². The molecule has 130 valence electrons. The van der Waals surface area contributed by atoms with Crippen LogP contribution in [0.5, 0.6) is 0 Å². The quantitative estimate of drug-likeness (QED) is 0.825. The van der Waals surface area contributed by atoms with Gasteiger partial charge in [0.25, 0.3) is 0 Å². The third-order valence-electron chi connectivity index (χ3n) is 4.67. The average Bonchev–Trinajstić information content (AvgIpc) is 3.43. The van der Waals surface area contributed by atoms with Gasteiger partial charge < -0.3 is 10.2 Å². The summed E-state index contributed by atoms with van der Waals surface area (Å²) in [6.45, 7) is 4.88. The molecule has 2 amide bonds. The number of nitrogens with one attached hydrogen (secondary N) is 1. The molecule has 0 atom stereocenters.